The van der Waals surface area contributed by atoms with Crippen molar-refractivity contribution in [3.63, 3.8) is 0 Å². The maximum absolute atomic E-state index is 12.0. The minimum Gasteiger partial charge on any atom is -0.380 e. The van der Waals surface area contributed by atoms with E-state index in [-0.39, 0.29) is 11.4 Å². The van der Waals surface area contributed by atoms with Crippen molar-refractivity contribution < 1.29 is 14.3 Å². The molecule has 0 saturated carbocycles. The molecule has 0 radical (unpaired) electrons. The Labute approximate surface area is 102 Å². The highest BCUT2D eigenvalue weighted by molar-refractivity contribution is 5.78. The predicted octanol–water partition coefficient (Wildman–Crippen LogP) is 0.00390. The highest BCUT2D eigenvalue weighted by Gasteiger charge is 2.28. The van der Waals surface area contributed by atoms with Crippen molar-refractivity contribution in [2.45, 2.75) is 25.3 Å². The van der Waals surface area contributed by atoms with Gasteiger partial charge in [0.2, 0.25) is 5.91 Å². The summed E-state index contributed by atoms with van der Waals surface area (Å²) >= 11 is 0. The average Bonchev–Trinajstić information content (AvgIpc) is 2.38. The summed E-state index contributed by atoms with van der Waals surface area (Å²) in [6, 6.07) is 0. The van der Waals surface area contributed by atoms with Gasteiger partial charge in [-0.1, -0.05) is 0 Å². The molecule has 1 N–H and O–H groups in total. The standard InChI is InChI=1S/C12H22N2O3/c1-12(3-2-6-17-10-12)13-9-11(15)14-4-7-16-8-5-14/h13H,2-10H2,1H3. The lowest BCUT2D eigenvalue weighted by Crippen LogP contribution is -2.53. The van der Waals surface area contributed by atoms with E-state index in [1.165, 1.54) is 0 Å². The first-order valence-corrected chi connectivity index (χ1v) is 6.38. The smallest absolute Gasteiger partial charge is 0.236 e. The fraction of sp³-hybridized carbons (Fsp3) is 0.917. The van der Waals surface area contributed by atoms with Crippen LogP contribution >= 0.6 is 0 Å². The summed E-state index contributed by atoms with van der Waals surface area (Å²) in [4.78, 5) is 13.8. The van der Waals surface area contributed by atoms with Gasteiger partial charge in [-0.25, -0.2) is 0 Å². The van der Waals surface area contributed by atoms with Gasteiger partial charge in [0.15, 0.2) is 0 Å². The van der Waals surface area contributed by atoms with Crippen molar-refractivity contribution in [2.24, 2.45) is 0 Å². The van der Waals surface area contributed by atoms with E-state index in [1.54, 1.807) is 0 Å². The lowest BCUT2D eigenvalue weighted by atomic mass is 9.95. The van der Waals surface area contributed by atoms with Gasteiger partial charge in [-0.2, -0.15) is 0 Å². The van der Waals surface area contributed by atoms with E-state index in [9.17, 15) is 4.79 Å². The number of nitrogens with one attached hydrogen (secondary N) is 1. The summed E-state index contributed by atoms with van der Waals surface area (Å²) in [5, 5.41) is 3.34. The summed E-state index contributed by atoms with van der Waals surface area (Å²) in [6.45, 7) is 6.82. The summed E-state index contributed by atoms with van der Waals surface area (Å²) in [6.07, 6.45) is 2.14. The fourth-order valence-corrected chi connectivity index (χ4v) is 2.29. The van der Waals surface area contributed by atoms with Crippen LogP contribution in [0.25, 0.3) is 0 Å². The number of nitrogens with zero attached hydrogens (tertiary/aromatic N) is 1. The van der Waals surface area contributed by atoms with Crippen LogP contribution in [0.3, 0.4) is 0 Å². The van der Waals surface area contributed by atoms with Gasteiger partial charge in [0.25, 0.3) is 0 Å². The molecule has 5 heteroatoms. The third-order valence-corrected chi connectivity index (χ3v) is 3.47. The van der Waals surface area contributed by atoms with Crippen LogP contribution in [0.4, 0.5) is 0 Å². The zero-order valence-corrected chi connectivity index (χ0v) is 10.5. The monoisotopic (exact) mass is 242 g/mol. The van der Waals surface area contributed by atoms with Crippen LogP contribution in [-0.2, 0) is 14.3 Å². The maximum atomic E-state index is 12.0. The summed E-state index contributed by atoms with van der Waals surface area (Å²) in [5.41, 5.74) is -0.0415. The first-order valence-electron chi connectivity index (χ1n) is 6.38. The SMILES string of the molecule is CC1(NCC(=O)N2CCOCC2)CCCOC1. The van der Waals surface area contributed by atoms with Gasteiger partial charge >= 0.3 is 0 Å². The normalized spacial score (nSPS) is 30.3. The van der Waals surface area contributed by atoms with E-state index < -0.39 is 0 Å². The zero-order chi connectivity index (χ0) is 12.1. The van der Waals surface area contributed by atoms with Crippen LogP contribution in [0.15, 0.2) is 0 Å². The van der Waals surface area contributed by atoms with Gasteiger partial charge in [-0.05, 0) is 19.8 Å². The van der Waals surface area contributed by atoms with E-state index >= 15 is 0 Å². The van der Waals surface area contributed by atoms with Gasteiger partial charge in [0.1, 0.15) is 0 Å². The number of hydrogen-bond donors (Lipinski definition) is 1. The molecule has 2 heterocycles. The minimum absolute atomic E-state index is 0.0415. The highest BCUT2D eigenvalue weighted by atomic mass is 16.5. The molecule has 17 heavy (non-hydrogen) atoms. The third-order valence-electron chi connectivity index (χ3n) is 3.47. The number of morpholine rings is 1. The Balaban J connectivity index is 1.74. The van der Waals surface area contributed by atoms with Crippen molar-refractivity contribution in [1.82, 2.24) is 10.2 Å². The molecule has 0 aromatic carbocycles. The fourth-order valence-electron chi connectivity index (χ4n) is 2.29. The third kappa shape index (κ3) is 3.66. The Morgan fingerprint density at radius 3 is 2.71 bits per heavy atom. The largest absolute Gasteiger partial charge is 0.380 e. The van der Waals surface area contributed by atoms with E-state index in [0.717, 1.165) is 19.4 Å². The molecule has 98 valence electrons. The maximum Gasteiger partial charge on any atom is 0.236 e. The van der Waals surface area contributed by atoms with Crippen molar-refractivity contribution in [3.8, 4) is 0 Å². The summed E-state index contributed by atoms with van der Waals surface area (Å²) < 4.78 is 10.7. The van der Waals surface area contributed by atoms with Gasteiger partial charge < -0.3 is 19.7 Å². The molecule has 0 aliphatic carbocycles. The molecular formula is C12H22N2O3. The molecule has 2 aliphatic heterocycles. The van der Waals surface area contributed by atoms with E-state index in [2.05, 4.69) is 12.2 Å². The van der Waals surface area contributed by atoms with Crippen molar-refractivity contribution in [1.29, 1.82) is 0 Å². The average molecular weight is 242 g/mol. The highest BCUT2D eigenvalue weighted by Crippen LogP contribution is 2.17. The number of carbonyl (C=O) groups is 1. The quantitative estimate of drug-likeness (QED) is 0.757. The van der Waals surface area contributed by atoms with Gasteiger partial charge in [-0.15, -0.1) is 0 Å². The predicted molar refractivity (Wildman–Crippen MR) is 63.9 cm³/mol. The zero-order valence-electron chi connectivity index (χ0n) is 10.5. The van der Waals surface area contributed by atoms with Crippen LogP contribution in [0.1, 0.15) is 19.8 Å². The van der Waals surface area contributed by atoms with Gasteiger partial charge in [0, 0.05) is 25.2 Å². The molecular weight excluding hydrogens is 220 g/mol. The second kappa shape index (κ2) is 5.80. The topological polar surface area (TPSA) is 50.8 Å². The number of ether oxygens (including phenoxy) is 2. The Morgan fingerprint density at radius 2 is 2.06 bits per heavy atom. The van der Waals surface area contributed by atoms with Crippen LogP contribution in [0.5, 0.6) is 0 Å². The molecule has 0 spiro atoms. The summed E-state index contributed by atoms with van der Waals surface area (Å²) in [5.74, 6) is 0.167. The van der Waals surface area contributed by atoms with Crippen molar-refractivity contribution >= 4 is 5.91 Å². The molecule has 1 amide bonds. The number of rotatable bonds is 3. The van der Waals surface area contributed by atoms with Crippen LogP contribution < -0.4 is 5.32 Å². The molecule has 2 fully saturated rings. The van der Waals surface area contributed by atoms with Crippen LogP contribution in [0, 0.1) is 0 Å². The molecule has 0 aromatic rings. The molecule has 5 nitrogen and oxygen atoms in total. The Kier molecular flexibility index (Phi) is 4.36. The molecule has 0 bridgehead atoms. The summed E-state index contributed by atoms with van der Waals surface area (Å²) in [7, 11) is 0. The van der Waals surface area contributed by atoms with Crippen molar-refractivity contribution in [2.75, 3.05) is 46.1 Å². The first-order chi connectivity index (χ1) is 8.20. The molecule has 1 unspecified atom stereocenters. The molecule has 2 aliphatic rings. The van der Waals surface area contributed by atoms with E-state index in [4.69, 9.17) is 9.47 Å². The molecule has 2 rings (SSSR count). The van der Waals surface area contributed by atoms with Crippen LogP contribution in [0.2, 0.25) is 0 Å². The number of hydrogen-bond acceptors (Lipinski definition) is 4. The lowest BCUT2D eigenvalue weighted by molar-refractivity contribution is -0.134. The van der Waals surface area contributed by atoms with Crippen LogP contribution in [-0.4, -0.2) is 62.4 Å². The first kappa shape index (κ1) is 12.8. The van der Waals surface area contributed by atoms with Crippen molar-refractivity contribution in [3.05, 3.63) is 0 Å². The Hall–Kier alpha value is -0.650. The molecule has 0 aromatic heterocycles. The Morgan fingerprint density at radius 1 is 1.29 bits per heavy atom. The second-order valence-corrected chi connectivity index (χ2v) is 5.06. The van der Waals surface area contributed by atoms with E-state index in [1.807, 2.05) is 4.90 Å². The molecule has 2 saturated heterocycles. The van der Waals surface area contributed by atoms with Gasteiger partial charge in [-0.3, -0.25) is 4.79 Å². The minimum atomic E-state index is -0.0415. The number of amides is 1. The second-order valence-electron chi connectivity index (χ2n) is 5.06. The number of carbonyl (C=O) groups excluding carboxylic acids is 1. The Bertz CT molecular complexity index is 258. The lowest BCUT2D eigenvalue weighted by Gasteiger charge is -2.35. The van der Waals surface area contributed by atoms with E-state index in [0.29, 0.717) is 39.5 Å². The van der Waals surface area contributed by atoms with Gasteiger partial charge in [0.05, 0.1) is 26.4 Å². The molecule has 1 atom stereocenters.